The quantitative estimate of drug-likeness (QED) is 0.475. The van der Waals surface area contributed by atoms with Gasteiger partial charge in [-0.25, -0.2) is 0 Å². The van der Waals surface area contributed by atoms with Crippen LogP contribution in [0.5, 0.6) is 0 Å². The number of hydrogen-bond acceptors (Lipinski definition) is 2. The smallest absolute Gasteiger partial charge is 0.135 e. The summed E-state index contributed by atoms with van der Waals surface area (Å²) < 4.78 is 12.1. The van der Waals surface area contributed by atoms with Crippen molar-refractivity contribution in [3.8, 4) is 0 Å². The molecule has 0 fully saturated rings. The SMILES string of the molecule is CCC(C)OC(OC(C)CC)[SiH2]C[Si](C)(C)C. The van der Waals surface area contributed by atoms with Crippen LogP contribution in [-0.4, -0.2) is 35.7 Å². The lowest BCUT2D eigenvalue weighted by molar-refractivity contribution is -0.143. The summed E-state index contributed by atoms with van der Waals surface area (Å²) in [4.78, 5) is 0. The Hall–Kier alpha value is 0.354. The van der Waals surface area contributed by atoms with Crippen molar-refractivity contribution in [1.82, 2.24) is 0 Å². The van der Waals surface area contributed by atoms with Gasteiger partial charge in [0.15, 0.2) is 0 Å². The second kappa shape index (κ2) is 8.45. The normalized spacial score (nSPS) is 18.5. The highest BCUT2D eigenvalue weighted by Crippen LogP contribution is 2.13. The third-order valence-electron chi connectivity index (χ3n) is 3.05. The molecule has 0 aliphatic heterocycles. The molecule has 0 aromatic carbocycles. The van der Waals surface area contributed by atoms with E-state index in [4.69, 9.17) is 9.47 Å². The topological polar surface area (TPSA) is 18.5 Å². The molecule has 2 nitrogen and oxygen atoms in total. The van der Waals surface area contributed by atoms with Crippen LogP contribution in [0.25, 0.3) is 0 Å². The lowest BCUT2D eigenvalue weighted by atomic mass is 10.3. The molecule has 0 saturated carbocycles. The second-order valence-corrected chi connectivity index (χ2v) is 14.6. The standard InChI is InChI=1S/C13H32O2Si2/c1-8-11(3)14-13(15-12(4)9-2)16-10-17(5,6)7/h11-13H,8-10,16H2,1-7H3. The van der Waals surface area contributed by atoms with E-state index < -0.39 is 8.07 Å². The molecule has 4 heteroatoms. The minimum Gasteiger partial charge on any atom is -0.354 e. The Balaban J connectivity index is 4.19. The molecular weight excluding hydrogens is 244 g/mol. The maximum atomic E-state index is 6.03. The molecule has 17 heavy (non-hydrogen) atoms. The Morgan fingerprint density at radius 2 is 1.35 bits per heavy atom. The summed E-state index contributed by atoms with van der Waals surface area (Å²) >= 11 is 0. The predicted molar refractivity (Wildman–Crippen MR) is 82.2 cm³/mol. The van der Waals surface area contributed by atoms with Crippen LogP contribution in [0.2, 0.25) is 25.3 Å². The molecule has 0 aliphatic carbocycles. The molecule has 0 radical (unpaired) electrons. The van der Waals surface area contributed by atoms with Crippen LogP contribution in [0, 0.1) is 0 Å². The van der Waals surface area contributed by atoms with Gasteiger partial charge in [-0.1, -0.05) is 39.2 Å². The Bertz CT molecular complexity index is 180. The maximum absolute atomic E-state index is 6.03. The van der Waals surface area contributed by atoms with E-state index in [1.807, 2.05) is 0 Å². The zero-order valence-corrected chi connectivity index (χ0v) is 15.3. The Morgan fingerprint density at radius 1 is 0.941 bits per heavy atom. The monoisotopic (exact) mass is 276 g/mol. The van der Waals surface area contributed by atoms with Gasteiger partial charge in [-0.2, -0.15) is 0 Å². The second-order valence-electron chi connectivity index (χ2n) is 6.24. The van der Waals surface area contributed by atoms with Crippen molar-refractivity contribution in [2.45, 2.75) is 84.0 Å². The number of rotatable bonds is 9. The van der Waals surface area contributed by atoms with E-state index in [0.717, 1.165) is 12.8 Å². The van der Waals surface area contributed by atoms with Crippen LogP contribution in [-0.2, 0) is 9.47 Å². The van der Waals surface area contributed by atoms with E-state index in [1.54, 1.807) is 0 Å². The van der Waals surface area contributed by atoms with Gasteiger partial charge in [-0.05, 0) is 26.7 Å². The summed E-state index contributed by atoms with van der Waals surface area (Å²) in [6.07, 6.45) is 2.81. The van der Waals surface area contributed by atoms with Gasteiger partial charge in [-0.15, -0.1) is 0 Å². The Morgan fingerprint density at radius 3 is 1.65 bits per heavy atom. The molecule has 104 valence electrons. The molecular formula is C13H32O2Si2. The average Bonchev–Trinajstić information content (AvgIpc) is 2.24. The van der Waals surface area contributed by atoms with Crippen molar-refractivity contribution in [3.63, 3.8) is 0 Å². The van der Waals surface area contributed by atoms with Crippen molar-refractivity contribution in [2.75, 3.05) is 0 Å². The van der Waals surface area contributed by atoms with E-state index in [-0.39, 0.29) is 15.4 Å². The van der Waals surface area contributed by atoms with Crippen LogP contribution < -0.4 is 0 Å². The minimum atomic E-state index is -0.941. The van der Waals surface area contributed by atoms with E-state index in [2.05, 4.69) is 47.3 Å². The van der Waals surface area contributed by atoms with E-state index >= 15 is 0 Å². The minimum absolute atomic E-state index is 0.131. The third kappa shape index (κ3) is 10.0. The molecule has 0 saturated heterocycles. The van der Waals surface area contributed by atoms with Crippen LogP contribution in [0.4, 0.5) is 0 Å². The fourth-order valence-electron chi connectivity index (χ4n) is 1.43. The van der Waals surface area contributed by atoms with Gasteiger partial charge in [0.05, 0.1) is 21.7 Å². The Kier molecular flexibility index (Phi) is 8.63. The molecule has 0 aromatic rings. The first-order valence-corrected chi connectivity index (χ1v) is 12.6. The van der Waals surface area contributed by atoms with Gasteiger partial charge in [0.2, 0.25) is 0 Å². The Labute approximate surface area is 111 Å². The summed E-state index contributed by atoms with van der Waals surface area (Å²) in [7, 11) is -1.21. The fraction of sp³-hybridized carbons (Fsp3) is 1.00. The van der Waals surface area contributed by atoms with Gasteiger partial charge in [0.1, 0.15) is 5.91 Å². The highest BCUT2D eigenvalue weighted by atomic mass is 28.4. The summed E-state index contributed by atoms with van der Waals surface area (Å²) in [6.45, 7) is 15.9. The van der Waals surface area contributed by atoms with Gasteiger partial charge in [-0.3, -0.25) is 0 Å². The fourth-order valence-corrected chi connectivity index (χ4v) is 6.77. The van der Waals surface area contributed by atoms with Gasteiger partial charge >= 0.3 is 0 Å². The van der Waals surface area contributed by atoms with Gasteiger partial charge in [0.25, 0.3) is 0 Å². The van der Waals surface area contributed by atoms with Crippen LogP contribution in [0.15, 0.2) is 0 Å². The first kappa shape index (κ1) is 17.4. The summed E-state index contributed by atoms with van der Waals surface area (Å²) in [5, 5.41) is 0. The van der Waals surface area contributed by atoms with E-state index in [1.165, 1.54) is 5.67 Å². The number of hydrogen-bond donors (Lipinski definition) is 0. The van der Waals surface area contributed by atoms with Gasteiger partial charge in [0, 0.05) is 8.07 Å². The van der Waals surface area contributed by atoms with Crippen molar-refractivity contribution in [3.05, 3.63) is 0 Å². The van der Waals surface area contributed by atoms with Crippen molar-refractivity contribution in [1.29, 1.82) is 0 Å². The number of ether oxygens (including phenoxy) is 2. The molecule has 0 N–H and O–H groups in total. The van der Waals surface area contributed by atoms with Crippen LogP contribution in [0.3, 0.4) is 0 Å². The van der Waals surface area contributed by atoms with E-state index in [9.17, 15) is 0 Å². The molecule has 2 unspecified atom stereocenters. The first-order valence-electron chi connectivity index (χ1n) is 7.09. The largest absolute Gasteiger partial charge is 0.354 e. The maximum Gasteiger partial charge on any atom is 0.135 e. The molecule has 2 atom stereocenters. The van der Waals surface area contributed by atoms with Crippen molar-refractivity contribution < 1.29 is 9.47 Å². The molecule has 0 amide bonds. The molecule has 0 rings (SSSR count). The van der Waals surface area contributed by atoms with Crippen molar-refractivity contribution in [2.24, 2.45) is 0 Å². The molecule has 0 aliphatic rings. The van der Waals surface area contributed by atoms with E-state index in [0.29, 0.717) is 12.2 Å². The van der Waals surface area contributed by atoms with Gasteiger partial charge < -0.3 is 9.47 Å². The summed E-state index contributed by atoms with van der Waals surface area (Å²) in [6, 6.07) is 0. The highest BCUT2D eigenvalue weighted by Gasteiger charge is 2.21. The molecule has 0 spiro atoms. The first-order chi connectivity index (χ1) is 7.78. The van der Waals surface area contributed by atoms with Crippen LogP contribution in [0.1, 0.15) is 40.5 Å². The lowest BCUT2D eigenvalue weighted by Crippen LogP contribution is -2.35. The molecule has 0 aromatic heterocycles. The lowest BCUT2D eigenvalue weighted by Gasteiger charge is -2.27. The highest BCUT2D eigenvalue weighted by molar-refractivity contribution is 6.83. The summed E-state index contributed by atoms with van der Waals surface area (Å²) in [5.41, 5.74) is 1.41. The van der Waals surface area contributed by atoms with Crippen LogP contribution >= 0.6 is 0 Å². The predicted octanol–water partition coefficient (Wildman–Crippen LogP) is 3.36. The van der Waals surface area contributed by atoms with Crippen molar-refractivity contribution >= 4 is 17.6 Å². The zero-order chi connectivity index (χ0) is 13.5. The molecule has 0 bridgehead atoms. The summed E-state index contributed by atoms with van der Waals surface area (Å²) in [5.74, 6) is 0.131. The zero-order valence-electron chi connectivity index (χ0n) is 12.9. The molecule has 0 heterocycles. The third-order valence-corrected chi connectivity index (χ3v) is 11.1. The average molecular weight is 277 g/mol.